The highest BCUT2D eigenvalue weighted by molar-refractivity contribution is 9.10. The molecule has 21 heavy (non-hydrogen) atoms. The van der Waals surface area contributed by atoms with E-state index in [4.69, 9.17) is 0 Å². The standard InChI is InChI=1S/C13H13BrN2S.C4H8/c1-4-5-11-8(2)15-13(16-9(11)3)12-6-10(14)7-17-12;1-3-4-2/h4,6-7H,1,5H2,2-3H3;3H,1,4H2,2H3. The van der Waals surface area contributed by atoms with E-state index >= 15 is 0 Å². The van der Waals surface area contributed by atoms with Crippen LogP contribution in [0.1, 0.15) is 30.3 Å². The van der Waals surface area contributed by atoms with Crippen LogP contribution in [0.5, 0.6) is 0 Å². The van der Waals surface area contributed by atoms with Gasteiger partial charge in [0.2, 0.25) is 0 Å². The van der Waals surface area contributed by atoms with Crippen LogP contribution in [-0.2, 0) is 6.42 Å². The smallest absolute Gasteiger partial charge is 0.169 e. The van der Waals surface area contributed by atoms with Crippen molar-refractivity contribution in [2.45, 2.75) is 33.6 Å². The van der Waals surface area contributed by atoms with Crippen LogP contribution < -0.4 is 0 Å². The van der Waals surface area contributed by atoms with Crippen LogP contribution in [0.25, 0.3) is 10.7 Å². The highest BCUT2D eigenvalue weighted by atomic mass is 79.9. The average Bonchev–Trinajstić information content (AvgIpc) is 2.89. The SMILES string of the molecule is C=CCC.C=CCc1c(C)nc(-c2cc(Br)cs2)nc1C. The summed E-state index contributed by atoms with van der Waals surface area (Å²) >= 11 is 5.09. The fraction of sp³-hybridized carbons (Fsp3) is 0.294. The van der Waals surface area contributed by atoms with Gasteiger partial charge in [-0.3, -0.25) is 0 Å². The summed E-state index contributed by atoms with van der Waals surface area (Å²) in [5.41, 5.74) is 3.26. The van der Waals surface area contributed by atoms with E-state index in [1.54, 1.807) is 11.3 Å². The maximum atomic E-state index is 4.57. The molecular weight excluding hydrogens is 344 g/mol. The zero-order chi connectivity index (χ0) is 15.8. The van der Waals surface area contributed by atoms with Gasteiger partial charge in [0.05, 0.1) is 4.88 Å². The van der Waals surface area contributed by atoms with Gasteiger partial charge in [-0.25, -0.2) is 9.97 Å². The van der Waals surface area contributed by atoms with E-state index in [0.29, 0.717) is 0 Å². The van der Waals surface area contributed by atoms with Crippen LogP contribution in [0, 0.1) is 13.8 Å². The molecule has 0 aliphatic heterocycles. The van der Waals surface area contributed by atoms with Crippen LogP contribution in [-0.4, -0.2) is 9.97 Å². The summed E-state index contributed by atoms with van der Waals surface area (Å²) in [6, 6.07) is 2.05. The highest BCUT2D eigenvalue weighted by Gasteiger charge is 2.10. The van der Waals surface area contributed by atoms with Gasteiger partial charge in [-0.05, 0) is 54.2 Å². The van der Waals surface area contributed by atoms with Crippen molar-refractivity contribution in [1.82, 2.24) is 9.97 Å². The van der Waals surface area contributed by atoms with Crippen LogP contribution in [0.4, 0.5) is 0 Å². The molecule has 2 rings (SSSR count). The summed E-state index contributed by atoms with van der Waals surface area (Å²) in [7, 11) is 0. The Morgan fingerprint density at radius 2 is 1.76 bits per heavy atom. The second-order valence-corrected chi connectivity index (χ2v) is 6.34. The Kier molecular flexibility index (Phi) is 7.54. The molecule has 0 unspecified atom stereocenters. The molecule has 0 aliphatic rings. The summed E-state index contributed by atoms with van der Waals surface area (Å²) in [6.45, 7) is 13.4. The number of rotatable bonds is 4. The van der Waals surface area contributed by atoms with Gasteiger partial charge in [-0.2, -0.15) is 0 Å². The van der Waals surface area contributed by atoms with E-state index in [1.807, 2.05) is 37.4 Å². The summed E-state index contributed by atoms with van der Waals surface area (Å²) in [5.74, 6) is 0.809. The minimum Gasteiger partial charge on any atom is -0.232 e. The summed E-state index contributed by atoms with van der Waals surface area (Å²) in [4.78, 5) is 10.2. The normalized spacial score (nSPS) is 9.71. The molecule has 0 aromatic carbocycles. The maximum absolute atomic E-state index is 4.57. The molecule has 0 fully saturated rings. The molecule has 2 aromatic heterocycles. The highest BCUT2D eigenvalue weighted by Crippen LogP contribution is 2.28. The number of hydrogen-bond donors (Lipinski definition) is 0. The van der Waals surface area contributed by atoms with E-state index in [0.717, 1.165) is 39.4 Å². The first-order valence-corrected chi connectivity index (χ1v) is 8.51. The lowest BCUT2D eigenvalue weighted by Crippen LogP contribution is -2.01. The lowest BCUT2D eigenvalue weighted by Gasteiger charge is -2.08. The molecule has 4 heteroatoms. The van der Waals surface area contributed by atoms with Crippen LogP contribution in [0.15, 0.2) is 41.2 Å². The Morgan fingerprint density at radius 3 is 2.14 bits per heavy atom. The van der Waals surface area contributed by atoms with Crippen molar-refractivity contribution < 1.29 is 0 Å². The van der Waals surface area contributed by atoms with Crippen LogP contribution in [0.2, 0.25) is 0 Å². The fourth-order valence-electron chi connectivity index (χ4n) is 1.72. The Bertz CT molecular complexity index is 594. The molecule has 0 N–H and O–H groups in total. The van der Waals surface area contributed by atoms with Gasteiger partial charge in [-0.1, -0.05) is 19.1 Å². The van der Waals surface area contributed by atoms with Crippen molar-refractivity contribution in [2.24, 2.45) is 0 Å². The minimum atomic E-state index is 0.809. The first kappa shape index (κ1) is 17.8. The molecule has 0 aliphatic carbocycles. The van der Waals surface area contributed by atoms with Crippen molar-refractivity contribution in [3.63, 3.8) is 0 Å². The largest absolute Gasteiger partial charge is 0.232 e. The molecule has 0 amide bonds. The molecule has 0 spiro atoms. The third-order valence-corrected chi connectivity index (χ3v) is 4.53. The number of aryl methyl sites for hydroxylation is 2. The number of thiophene rings is 1. The van der Waals surface area contributed by atoms with Gasteiger partial charge < -0.3 is 0 Å². The van der Waals surface area contributed by atoms with Gasteiger partial charge in [0.15, 0.2) is 5.82 Å². The topological polar surface area (TPSA) is 25.8 Å². The summed E-state index contributed by atoms with van der Waals surface area (Å²) in [6.07, 6.45) is 5.67. The first-order valence-electron chi connectivity index (χ1n) is 6.83. The predicted molar refractivity (Wildman–Crippen MR) is 96.9 cm³/mol. The van der Waals surface area contributed by atoms with E-state index in [9.17, 15) is 0 Å². The van der Waals surface area contributed by atoms with Crippen molar-refractivity contribution in [1.29, 1.82) is 0 Å². The Hall–Kier alpha value is -1.26. The van der Waals surface area contributed by atoms with E-state index < -0.39 is 0 Å². The molecule has 0 radical (unpaired) electrons. The van der Waals surface area contributed by atoms with E-state index in [1.165, 1.54) is 5.56 Å². The zero-order valence-electron chi connectivity index (χ0n) is 12.8. The quantitative estimate of drug-likeness (QED) is 0.631. The van der Waals surface area contributed by atoms with Gasteiger partial charge >= 0.3 is 0 Å². The lowest BCUT2D eigenvalue weighted by atomic mass is 10.1. The van der Waals surface area contributed by atoms with Crippen molar-refractivity contribution in [2.75, 3.05) is 0 Å². The Morgan fingerprint density at radius 1 is 1.19 bits per heavy atom. The van der Waals surface area contributed by atoms with E-state index in [-0.39, 0.29) is 0 Å². The first-order chi connectivity index (χ1) is 10.0. The number of hydrogen-bond acceptors (Lipinski definition) is 3. The molecule has 2 aromatic rings. The van der Waals surface area contributed by atoms with Crippen molar-refractivity contribution in [3.05, 3.63) is 58.2 Å². The Labute approximate surface area is 139 Å². The van der Waals surface area contributed by atoms with E-state index in [2.05, 4.69) is 46.0 Å². The summed E-state index contributed by atoms with van der Waals surface area (Å²) < 4.78 is 1.08. The summed E-state index contributed by atoms with van der Waals surface area (Å²) in [5, 5.41) is 2.04. The predicted octanol–water partition coefficient (Wildman–Crippen LogP) is 5.90. The van der Waals surface area contributed by atoms with Gasteiger partial charge in [-0.15, -0.1) is 24.5 Å². The van der Waals surface area contributed by atoms with Crippen molar-refractivity contribution in [3.8, 4) is 10.7 Å². The van der Waals surface area contributed by atoms with Gasteiger partial charge in [0.1, 0.15) is 0 Å². The van der Waals surface area contributed by atoms with Gasteiger partial charge in [0, 0.05) is 21.2 Å². The number of allylic oxidation sites excluding steroid dienone is 2. The average molecular weight is 365 g/mol. The van der Waals surface area contributed by atoms with Crippen LogP contribution in [0.3, 0.4) is 0 Å². The van der Waals surface area contributed by atoms with Crippen molar-refractivity contribution >= 4 is 27.3 Å². The zero-order valence-corrected chi connectivity index (χ0v) is 15.2. The van der Waals surface area contributed by atoms with Crippen LogP contribution >= 0.6 is 27.3 Å². The molecule has 0 saturated heterocycles. The second-order valence-electron chi connectivity index (χ2n) is 4.52. The lowest BCUT2D eigenvalue weighted by molar-refractivity contribution is 0.996. The third-order valence-electron chi connectivity index (χ3n) is 2.85. The number of halogens is 1. The third kappa shape index (κ3) is 5.21. The molecule has 0 saturated carbocycles. The number of nitrogens with zero attached hydrogens (tertiary/aromatic N) is 2. The fourth-order valence-corrected chi connectivity index (χ4v) is 3.08. The second kappa shape index (κ2) is 8.90. The van der Waals surface area contributed by atoms with Gasteiger partial charge in [0.25, 0.3) is 0 Å². The molecule has 2 heterocycles. The molecule has 0 atom stereocenters. The molecular formula is C17H21BrN2S. The maximum Gasteiger partial charge on any atom is 0.169 e. The Balaban J connectivity index is 0.000000491. The minimum absolute atomic E-state index is 0.809. The molecule has 112 valence electrons. The monoisotopic (exact) mass is 364 g/mol. The number of aromatic nitrogens is 2. The molecule has 2 nitrogen and oxygen atoms in total. The molecule has 0 bridgehead atoms.